The van der Waals surface area contributed by atoms with Gasteiger partial charge >= 0.3 is 0 Å². The van der Waals surface area contributed by atoms with Crippen LogP contribution in [0.15, 0.2) is 59.5 Å². The molecular weight excluding hydrogens is 361 g/mol. The molecule has 2 aromatic rings. The van der Waals surface area contributed by atoms with Gasteiger partial charge < -0.3 is 0 Å². The number of halogens is 3. The van der Waals surface area contributed by atoms with Crippen molar-refractivity contribution in [3.8, 4) is 0 Å². The van der Waals surface area contributed by atoms with Gasteiger partial charge in [-0.3, -0.25) is 0 Å². The fourth-order valence-electron chi connectivity index (χ4n) is 3.25. The molecule has 0 unspecified atom stereocenters. The lowest BCUT2D eigenvalue weighted by Gasteiger charge is -2.11. The molecule has 0 heterocycles. The summed E-state index contributed by atoms with van der Waals surface area (Å²) in [4.78, 5) is -0.0816. The Balaban J connectivity index is 1.75. The average molecular weight is 376 g/mol. The summed E-state index contributed by atoms with van der Waals surface area (Å²) in [6, 6.07) is 8.31. The topological polar surface area (TPSA) is 34.1 Å². The van der Waals surface area contributed by atoms with Crippen LogP contribution in [0.25, 0.3) is 11.1 Å². The fourth-order valence-corrected chi connectivity index (χ4v) is 3.93. The molecule has 0 radical (unpaired) electrons. The SMILES string of the molecule is O=S(=O)(CF)c1ccc(C2=CC3(C=C2c2ccc(F)c(F)c2)CC3)cc1. The molecule has 6 heteroatoms. The van der Waals surface area contributed by atoms with Gasteiger partial charge in [-0.2, -0.15) is 0 Å². The first-order valence-corrected chi connectivity index (χ1v) is 9.79. The minimum Gasteiger partial charge on any atom is -0.233 e. The molecule has 0 amide bonds. The third-order valence-electron chi connectivity index (χ3n) is 4.88. The van der Waals surface area contributed by atoms with Gasteiger partial charge in [-0.05, 0) is 59.4 Å². The van der Waals surface area contributed by atoms with E-state index in [0.29, 0.717) is 5.56 Å². The zero-order valence-corrected chi connectivity index (χ0v) is 14.5. The Kier molecular flexibility index (Phi) is 3.84. The van der Waals surface area contributed by atoms with Crippen LogP contribution in [0.4, 0.5) is 13.2 Å². The number of rotatable bonds is 4. The second kappa shape index (κ2) is 5.84. The molecule has 26 heavy (non-hydrogen) atoms. The predicted molar refractivity (Wildman–Crippen MR) is 93.6 cm³/mol. The second-order valence-electron chi connectivity index (χ2n) is 6.73. The molecule has 2 aliphatic rings. The summed E-state index contributed by atoms with van der Waals surface area (Å²) in [6.07, 6.45) is 6.11. The summed E-state index contributed by atoms with van der Waals surface area (Å²) >= 11 is 0. The maximum absolute atomic E-state index is 13.7. The third-order valence-corrected chi connectivity index (χ3v) is 6.16. The van der Waals surface area contributed by atoms with E-state index in [-0.39, 0.29) is 10.3 Å². The second-order valence-corrected chi connectivity index (χ2v) is 8.65. The zero-order valence-electron chi connectivity index (χ0n) is 13.7. The van der Waals surface area contributed by atoms with Gasteiger partial charge in [0.25, 0.3) is 0 Å². The van der Waals surface area contributed by atoms with Crippen molar-refractivity contribution in [1.82, 2.24) is 0 Å². The highest BCUT2D eigenvalue weighted by molar-refractivity contribution is 7.91. The van der Waals surface area contributed by atoms with E-state index in [1.807, 2.05) is 0 Å². The van der Waals surface area contributed by atoms with Crippen LogP contribution in [0.1, 0.15) is 24.0 Å². The first-order chi connectivity index (χ1) is 12.3. The van der Waals surface area contributed by atoms with Crippen molar-refractivity contribution < 1.29 is 21.6 Å². The number of hydrogen-bond acceptors (Lipinski definition) is 2. The Morgan fingerprint density at radius 1 is 0.846 bits per heavy atom. The van der Waals surface area contributed by atoms with Crippen molar-refractivity contribution in [1.29, 1.82) is 0 Å². The van der Waals surface area contributed by atoms with Crippen LogP contribution in [0.5, 0.6) is 0 Å². The standard InChI is InChI=1S/C20H15F3O2S/c21-12-26(24,25)15-4-1-13(2-5-15)16-10-20(7-8-20)11-17(16)14-3-6-18(22)19(23)9-14/h1-6,9-11H,7-8,12H2. The summed E-state index contributed by atoms with van der Waals surface area (Å²) in [7, 11) is -3.92. The number of sulfone groups is 1. The van der Waals surface area contributed by atoms with Crippen LogP contribution in [-0.4, -0.2) is 14.4 Å². The van der Waals surface area contributed by atoms with Crippen molar-refractivity contribution in [2.24, 2.45) is 5.41 Å². The Labute approximate surface area is 149 Å². The summed E-state index contributed by atoms with van der Waals surface area (Å²) < 4.78 is 62.8. The molecule has 0 saturated heterocycles. The van der Waals surface area contributed by atoms with Crippen molar-refractivity contribution in [3.05, 3.63) is 77.4 Å². The van der Waals surface area contributed by atoms with Gasteiger partial charge in [-0.1, -0.05) is 30.4 Å². The monoisotopic (exact) mass is 376 g/mol. The Morgan fingerprint density at radius 3 is 1.96 bits per heavy atom. The number of allylic oxidation sites excluding steroid dienone is 4. The van der Waals surface area contributed by atoms with E-state index in [2.05, 4.69) is 12.2 Å². The molecule has 0 aliphatic heterocycles. The lowest BCUT2D eigenvalue weighted by molar-refractivity contribution is 0.508. The van der Waals surface area contributed by atoms with Gasteiger partial charge in [-0.25, -0.2) is 21.6 Å². The molecule has 1 fully saturated rings. The summed E-state index contributed by atoms with van der Waals surface area (Å²) in [5.74, 6) is -1.82. The van der Waals surface area contributed by atoms with E-state index in [9.17, 15) is 21.6 Å². The molecular formula is C20H15F3O2S. The molecule has 134 valence electrons. The van der Waals surface area contributed by atoms with E-state index in [1.165, 1.54) is 24.3 Å². The Morgan fingerprint density at radius 2 is 1.42 bits per heavy atom. The molecule has 1 saturated carbocycles. The Bertz CT molecular complexity index is 1050. The molecule has 0 aromatic heterocycles. The van der Waals surface area contributed by atoms with Gasteiger partial charge in [0, 0.05) is 5.41 Å². The van der Waals surface area contributed by atoms with Gasteiger partial charge in [-0.15, -0.1) is 0 Å². The van der Waals surface area contributed by atoms with Crippen molar-refractivity contribution >= 4 is 21.0 Å². The third kappa shape index (κ3) is 2.88. The number of alkyl halides is 1. The smallest absolute Gasteiger partial charge is 0.207 e. The van der Waals surface area contributed by atoms with Gasteiger partial charge in [0.2, 0.25) is 9.84 Å². The summed E-state index contributed by atoms with van der Waals surface area (Å²) in [5.41, 5.74) is 2.90. The lowest BCUT2D eigenvalue weighted by Crippen LogP contribution is -2.02. The number of hydrogen-bond donors (Lipinski definition) is 0. The number of benzene rings is 2. The minimum atomic E-state index is -3.92. The first-order valence-electron chi connectivity index (χ1n) is 8.14. The maximum atomic E-state index is 13.7. The summed E-state index contributed by atoms with van der Waals surface area (Å²) in [5, 5.41) is 0. The molecule has 0 N–H and O–H groups in total. The highest BCUT2D eigenvalue weighted by atomic mass is 32.2. The van der Waals surface area contributed by atoms with E-state index in [1.54, 1.807) is 12.1 Å². The van der Waals surface area contributed by atoms with Crippen LogP contribution in [0.3, 0.4) is 0 Å². The van der Waals surface area contributed by atoms with E-state index in [4.69, 9.17) is 0 Å². The van der Waals surface area contributed by atoms with Crippen LogP contribution >= 0.6 is 0 Å². The lowest BCUT2D eigenvalue weighted by atomic mass is 9.95. The highest BCUT2D eigenvalue weighted by Gasteiger charge is 2.43. The fraction of sp³-hybridized carbons (Fsp3) is 0.200. The predicted octanol–water partition coefficient (Wildman–Crippen LogP) is 4.93. The molecule has 4 rings (SSSR count). The van der Waals surface area contributed by atoms with Gasteiger partial charge in [0.1, 0.15) is 0 Å². The molecule has 2 aliphatic carbocycles. The van der Waals surface area contributed by atoms with Crippen molar-refractivity contribution in [2.45, 2.75) is 17.7 Å². The van der Waals surface area contributed by atoms with E-state index < -0.39 is 27.5 Å². The minimum absolute atomic E-state index is 0.0563. The van der Waals surface area contributed by atoms with Crippen LogP contribution < -0.4 is 0 Å². The quantitative estimate of drug-likeness (QED) is 0.759. The molecule has 2 aromatic carbocycles. The highest BCUT2D eigenvalue weighted by Crippen LogP contribution is 2.57. The molecule has 0 bridgehead atoms. The molecule has 1 spiro atoms. The largest absolute Gasteiger partial charge is 0.233 e. The first kappa shape index (κ1) is 17.1. The zero-order chi connectivity index (χ0) is 18.5. The van der Waals surface area contributed by atoms with Crippen molar-refractivity contribution in [2.75, 3.05) is 6.01 Å². The van der Waals surface area contributed by atoms with Crippen molar-refractivity contribution in [3.63, 3.8) is 0 Å². The van der Waals surface area contributed by atoms with Crippen LogP contribution in [-0.2, 0) is 9.84 Å². The molecule has 0 atom stereocenters. The maximum Gasteiger partial charge on any atom is 0.207 e. The Hall–Kier alpha value is -2.34. The van der Waals surface area contributed by atoms with E-state index in [0.717, 1.165) is 35.6 Å². The normalized spacial score (nSPS) is 18.0. The van der Waals surface area contributed by atoms with Gasteiger partial charge in [0.15, 0.2) is 17.6 Å². The van der Waals surface area contributed by atoms with Gasteiger partial charge in [0.05, 0.1) is 4.90 Å². The molecule has 2 nitrogen and oxygen atoms in total. The van der Waals surface area contributed by atoms with Crippen LogP contribution in [0.2, 0.25) is 0 Å². The van der Waals surface area contributed by atoms with Crippen LogP contribution in [0, 0.1) is 17.0 Å². The summed E-state index contributed by atoms with van der Waals surface area (Å²) in [6.45, 7) is 0. The van der Waals surface area contributed by atoms with E-state index >= 15 is 0 Å². The average Bonchev–Trinajstić information content (AvgIpc) is 3.28.